The van der Waals surface area contributed by atoms with Gasteiger partial charge in [-0.05, 0) is 37.5 Å². The molecule has 0 saturated carbocycles. The molecule has 0 heterocycles. The first-order valence-corrected chi connectivity index (χ1v) is 33.5. The van der Waals surface area contributed by atoms with Crippen LogP contribution >= 0.6 is 15.6 Å². The number of esters is 4. The third-order valence-electron chi connectivity index (χ3n) is 13.2. The largest absolute Gasteiger partial charge is 0.472 e. The Morgan fingerprint density at radius 2 is 0.597 bits per heavy atom. The lowest BCUT2D eigenvalue weighted by molar-refractivity contribution is -0.161. The number of aliphatic hydroxyl groups excluding tert-OH is 1. The minimum absolute atomic E-state index is 0.104. The predicted molar refractivity (Wildman–Crippen MR) is 303 cm³/mol. The van der Waals surface area contributed by atoms with E-state index in [9.17, 15) is 43.2 Å². The first kappa shape index (κ1) is 75.1. The predicted octanol–water partition coefficient (Wildman–Crippen LogP) is 15.3. The van der Waals surface area contributed by atoms with Crippen LogP contribution in [0.5, 0.6) is 0 Å². The van der Waals surface area contributed by atoms with Crippen LogP contribution in [0.15, 0.2) is 0 Å². The number of hydrogen-bond acceptors (Lipinski definition) is 15. The van der Waals surface area contributed by atoms with Gasteiger partial charge in [0.25, 0.3) is 0 Å². The van der Waals surface area contributed by atoms with Gasteiger partial charge in [0.2, 0.25) is 0 Å². The molecule has 0 rings (SSSR count). The van der Waals surface area contributed by atoms with Crippen LogP contribution in [0.25, 0.3) is 0 Å². The topological polar surface area (TPSA) is 237 Å². The molecule has 0 amide bonds. The monoisotopic (exact) mass is 1140 g/mol. The third-order valence-corrected chi connectivity index (χ3v) is 15.1. The fourth-order valence-electron chi connectivity index (χ4n) is 8.47. The Morgan fingerprint density at radius 1 is 0.351 bits per heavy atom. The molecule has 0 spiro atoms. The number of phosphoric ester groups is 2. The average Bonchev–Trinajstić information content (AvgIpc) is 3.38. The zero-order valence-corrected chi connectivity index (χ0v) is 51.0. The number of unbranched alkanes of at least 4 members (excludes halogenated alkanes) is 27. The molecule has 2 unspecified atom stereocenters. The molecule has 17 nitrogen and oxygen atoms in total. The summed E-state index contributed by atoms with van der Waals surface area (Å²) >= 11 is 0. The fraction of sp³-hybridized carbons (Fsp3) is 0.931. The zero-order chi connectivity index (χ0) is 57.3. The van der Waals surface area contributed by atoms with Gasteiger partial charge in [-0.3, -0.25) is 37.3 Å². The van der Waals surface area contributed by atoms with Crippen molar-refractivity contribution in [3.8, 4) is 0 Å². The van der Waals surface area contributed by atoms with Crippen LogP contribution in [-0.4, -0.2) is 96.7 Å². The van der Waals surface area contributed by atoms with Crippen molar-refractivity contribution in [2.75, 3.05) is 39.6 Å². The van der Waals surface area contributed by atoms with Gasteiger partial charge >= 0.3 is 39.5 Å². The summed E-state index contributed by atoms with van der Waals surface area (Å²) in [5.41, 5.74) is 0. The van der Waals surface area contributed by atoms with Gasteiger partial charge in [-0.15, -0.1) is 0 Å². The van der Waals surface area contributed by atoms with Crippen LogP contribution in [0, 0.1) is 11.8 Å². The van der Waals surface area contributed by atoms with E-state index < -0.39 is 97.5 Å². The maximum atomic E-state index is 12.9. The Morgan fingerprint density at radius 3 is 0.883 bits per heavy atom. The van der Waals surface area contributed by atoms with Crippen molar-refractivity contribution < 1.29 is 80.2 Å². The highest BCUT2D eigenvalue weighted by Crippen LogP contribution is 2.45. The summed E-state index contributed by atoms with van der Waals surface area (Å²) < 4.78 is 67.6. The molecule has 0 aromatic carbocycles. The van der Waals surface area contributed by atoms with Crippen LogP contribution < -0.4 is 0 Å². The van der Waals surface area contributed by atoms with Gasteiger partial charge in [-0.25, -0.2) is 9.13 Å². The summed E-state index contributed by atoms with van der Waals surface area (Å²) in [5.74, 6) is -0.720. The molecule has 3 N–H and O–H groups in total. The van der Waals surface area contributed by atoms with Crippen LogP contribution in [0.4, 0.5) is 0 Å². The number of ether oxygens (including phenoxy) is 4. The lowest BCUT2D eigenvalue weighted by atomic mass is 10.0. The van der Waals surface area contributed by atoms with E-state index >= 15 is 0 Å². The fourth-order valence-corrected chi connectivity index (χ4v) is 10.0. The molecule has 0 aliphatic carbocycles. The quantitative estimate of drug-likeness (QED) is 0.0222. The molecule has 0 aliphatic rings. The normalized spacial score (nSPS) is 14.5. The number of hydrogen-bond donors (Lipinski definition) is 3. The SMILES string of the molecule is CCCCCCCCCCC(=O)O[C@H](COC(=O)CCCCCCCCC)COP(=O)(O)OC[C@H](O)COP(=O)(O)OC[C@@H](COC(=O)CCCCCCCCC(C)C)OC(=O)CCCCCCCCCCCCC(C)C. The highest BCUT2D eigenvalue weighted by Gasteiger charge is 2.30. The van der Waals surface area contributed by atoms with Crippen LogP contribution in [0.2, 0.25) is 0 Å². The lowest BCUT2D eigenvalue weighted by Crippen LogP contribution is -2.30. The van der Waals surface area contributed by atoms with Gasteiger partial charge in [-0.2, -0.15) is 0 Å². The van der Waals surface area contributed by atoms with Gasteiger partial charge in [0, 0.05) is 25.7 Å². The maximum Gasteiger partial charge on any atom is 0.472 e. The van der Waals surface area contributed by atoms with Crippen LogP contribution in [-0.2, 0) is 65.4 Å². The molecule has 0 bridgehead atoms. The van der Waals surface area contributed by atoms with Crippen molar-refractivity contribution in [2.24, 2.45) is 11.8 Å². The molecule has 77 heavy (non-hydrogen) atoms. The summed E-state index contributed by atoms with van der Waals surface area (Å²) in [6, 6.07) is 0. The van der Waals surface area contributed by atoms with Gasteiger partial charge in [0.1, 0.15) is 19.3 Å². The molecule has 19 heteroatoms. The van der Waals surface area contributed by atoms with Crippen molar-refractivity contribution in [1.29, 1.82) is 0 Å². The molecule has 0 aliphatic heterocycles. The summed E-state index contributed by atoms with van der Waals surface area (Å²) in [4.78, 5) is 71.7. The molecule has 0 saturated heterocycles. The highest BCUT2D eigenvalue weighted by atomic mass is 31.2. The summed E-state index contributed by atoms with van der Waals surface area (Å²) in [6.45, 7) is 9.28. The van der Waals surface area contributed by atoms with Crippen molar-refractivity contribution in [3.05, 3.63) is 0 Å². The van der Waals surface area contributed by atoms with Crippen molar-refractivity contribution in [3.63, 3.8) is 0 Å². The van der Waals surface area contributed by atoms with E-state index in [1.165, 1.54) is 70.6 Å². The standard InChI is InChI=1S/C58H112O17P2/c1-7-9-11-13-15-22-30-36-42-57(62)74-53(46-68-55(60)40-34-28-20-14-12-10-8-2)48-72-76(64,65)70-44-52(59)45-71-77(66,67)73-49-54(47-69-56(61)41-35-29-25-24-27-33-39-51(5)6)75-58(63)43-37-31-23-19-17-16-18-21-26-32-38-50(3)4/h50-54,59H,7-49H2,1-6H3,(H,64,65)(H,66,67)/t52-,53+,54+/m0/s1. The van der Waals surface area contributed by atoms with E-state index in [4.69, 9.17) is 37.0 Å². The minimum Gasteiger partial charge on any atom is -0.462 e. The van der Waals surface area contributed by atoms with E-state index in [1.54, 1.807) is 0 Å². The summed E-state index contributed by atoms with van der Waals surface area (Å²) in [7, 11) is -9.87. The molecule has 0 radical (unpaired) electrons. The molecule has 0 fully saturated rings. The van der Waals surface area contributed by atoms with Crippen LogP contribution in [0.3, 0.4) is 0 Å². The third kappa shape index (κ3) is 53.2. The second-order valence-corrected chi connectivity index (χ2v) is 24.9. The molecule has 456 valence electrons. The first-order valence-electron chi connectivity index (χ1n) is 30.5. The molecule has 0 aromatic heterocycles. The molecule has 0 aromatic rings. The number of rotatable bonds is 57. The maximum absolute atomic E-state index is 12.9. The molecular weight excluding hydrogens is 1030 g/mol. The lowest BCUT2D eigenvalue weighted by Gasteiger charge is -2.21. The smallest absolute Gasteiger partial charge is 0.462 e. The Hall–Kier alpha value is -1.94. The minimum atomic E-state index is -4.94. The Labute approximate surface area is 467 Å². The zero-order valence-electron chi connectivity index (χ0n) is 49.2. The van der Waals surface area contributed by atoms with E-state index in [0.717, 1.165) is 121 Å². The number of carbonyl (C=O) groups excluding carboxylic acids is 4. The van der Waals surface area contributed by atoms with Gasteiger partial charge in [0.05, 0.1) is 26.4 Å². The van der Waals surface area contributed by atoms with E-state index in [1.807, 2.05) is 0 Å². The summed E-state index contributed by atoms with van der Waals surface area (Å²) in [6.07, 6.45) is 31.0. The van der Waals surface area contributed by atoms with Gasteiger partial charge in [0.15, 0.2) is 12.2 Å². The Balaban J connectivity index is 5.20. The van der Waals surface area contributed by atoms with Gasteiger partial charge in [-0.1, -0.05) is 228 Å². The molecule has 5 atom stereocenters. The van der Waals surface area contributed by atoms with Crippen LogP contribution in [0.1, 0.15) is 279 Å². The number of aliphatic hydroxyl groups is 1. The Bertz CT molecular complexity index is 1530. The van der Waals surface area contributed by atoms with Gasteiger partial charge < -0.3 is 33.8 Å². The second kappa shape index (κ2) is 51.0. The van der Waals surface area contributed by atoms with E-state index in [-0.39, 0.29) is 25.7 Å². The number of carbonyl (C=O) groups is 4. The van der Waals surface area contributed by atoms with Crippen molar-refractivity contribution in [1.82, 2.24) is 0 Å². The van der Waals surface area contributed by atoms with Crippen molar-refractivity contribution >= 4 is 39.5 Å². The number of phosphoric acid groups is 2. The van der Waals surface area contributed by atoms with E-state index in [2.05, 4.69) is 41.5 Å². The Kier molecular flexibility index (Phi) is 49.7. The van der Waals surface area contributed by atoms with E-state index in [0.29, 0.717) is 31.6 Å². The average molecular weight is 1140 g/mol. The molecular formula is C58H112O17P2. The summed E-state index contributed by atoms with van der Waals surface area (Å²) in [5, 5.41) is 10.5. The van der Waals surface area contributed by atoms with Crippen molar-refractivity contribution in [2.45, 2.75) is 297 Å². The highest BCUT2D eigenvalue weighted by molar-refractivity contribution is 7.47. The second-order valence-electron chi connectivity index (χ2n) is 22.0. The first-order chi connectivity index (χ1) is 36.9.